The molecule has 1 unspecified atom stereocenters. The summed E-state index contributed by atoms with van der Waals surface area (Å²) in [4.78, 5) is 45.4. The zero-order chi connectivity index (χ0) is 18.3. The fourth-order valence-corrected chi connectivity index (χ4v) is 2.03. The smallest absolute Gasteiger partial charge is 0.415 e. The zero-order valence-corrected chi connectivity index (χ0v) is 12.7. The number of rotatable bonds is 8. The zero-order valence-electron chi connectivity index (χ0n) is 12.7. The van der Waals surface area contributed by atoms with Crippen LogP contribution in [0, 0.1) is 10.1 Å². The van der Waals surface area contributed by atoms with E-state index in [2.05, 4.69) is 0 Å². The monoisotopic (exact) mass is 340 g/mol. The molecule has 0 fully saturated rings. The Balaban J connectivity index is 3.39. The van der Waals surface area contributed by atoms with Crippen LogP contribution in [0.15, 0.2) is 24.3 Å². The third-order valence-electron chi connectivity index (χ3n) is 3.03. The molecule has 10 heteroatoms. The molecular weight excluding hydrogens is 324 g/mol. The number of carbonyl (C=O) groups excluding carboxylic acids is 1. The number of nitro groups is 1. The van der Waals surface area contributed by atoms with Gasteiger partial charge < -0.3 is 14.9 Å². The quantitative estimate of drug-likeness (QED) is 0.538. The molecule has 1 aromatic rings. The lowest BCUT2D eigenvalue weighted by molar-refractivity contribution is -0.384. The number of hydrogen-bond donors (Lipinski definition) is 2. The van der Waals surface area contributed by atoms with Crippen molar-refractivity contribution in [2.75, 3.05) is 11.5 Å². The summed E-state index contributed by atoms with van der Waals surface area (Å²) in [5.74, 6) is -2.75. The Morgan fingerprint density at radius 3 is 2.42 bits per heavy atom. The average Bonchev–Trinajstić information content (AvgIpc) is 2.50. The van der Waals surface area contributed by atoms with Crippen LogP contribution in [-0.4, -0.2) is 45.8 Å². The second-order valence-corrected chi connectivity index (χ2v) is 4.60. The summed E-state index contributed by atoms with van der Waals surface area (Å²) in [7, 11) is 0. The number of amides is 1. The van der Waals surface area contributed by atoms with E-state index in [1.54, 1.807) is 0 Å². The standard InChI is InChI=1S/C14H16N2O8/c1-2-24-14(21)15(11(13(19)20)7-8-12(17)18)9-5-3-4-6-10(9)16(22)23/h3-6,11H,2,7-8H2,1H3,(H,17,18)(H,19,20). The van der Waals surface area contributed by atoms with E-state index in [1.165, 1.54) is 25.1 Å². The number of benzene rings is 1. The maximum atomic E-state index is 12.2. The normalized spacial score (nSPS) is 11.4. The highest BCUT2D eigenvalue weighted by atomic mass is 16.6. The Morgan fingerprint density at radius 2 is 1.92 bits per heavy atom. The molecule has 0 aliphatic rings. The lowest BCUT2D eigenvalue weighted by Crippen LogP contribution is -2.46. The number of anilines is 1. The number of nitro benzene ring substituents is 1. The van der Waals surface area contributed by atoms with Gasteiger partial charge in [-0.25, -0.2) is 9.59 Å². The molecule has 0 heterocycles. The molecule has 0 aliphatic carbocycles. The number of para-hydroxylation sites is 2. The highest BCUT2D eigenvalue weighted by molar-refractivity contribution is 5.97. The molecule has 1 rings (SSSR count). The van der Waals surface area contributed by atoms with Crippen molar-refractivity contribution in [3.8, 4) is 0 Å². The average molecular weight is 340 g/mol. The number of hydrogen-bond acceptors (Lipinski definition) is 6. The highest BCUT2D eigenvalue weighted by Gasteiger charge is 2.36. The van der Waals surface area contributed by atoms with E-state index in [0.29, 0.717) is 4.90 Å². The van der Waals surface area contributed by atoms with Crippen LogP contribution >= 0.6 is 0 Å². The molecule has 130 valence electrons. The number of carboxylic acids is 2. The van der Waals surface area contributed by atoms with Crippen molar-refractivity contribution in [1.82, 2.24) is 0 Å². The summed E-state index contributed by atoms with van der Waals surface area (Å²) in [5.41, 5.74) is -0.772. The van der Waals surface area contributed by atoms with E-state index in [1.807, 2.05) is 0 Å². The Bertz CT molecular complexity index is 645. The lowest BCUT2D eigenvalue weighted by atomic mass is 10.1. The molecule has 1 aromatic carbocycles. The molecule has 24 heavy (non-hydrogen) atoms. The van der Waals surface area contributed by atoms with Crippen LogP contribution in [0.3, 0.4) is 0 Å². The van der Waals surface area contributed by atoms with Crippen molar-refractivity contribution in [1.29, 1.82) is 0 Å². The molecule has 10 nitrogen and oxygen atoms in total. The van der Waals surface area contributed by atoms with Gasteiger partial charge in [0, 0.05) is 12.5 Å². The number of ether oxygens (including phenoxy) is 1. The van der Waals surface area contributed by atoms with Crippen LogP contribution in [-0.2, 0) is 14.3 Å². The molecule has 1 atom stereocenters. The van der Waals surface area contributed by atoms with Gasteiger partial charge >= 0.3 is 18.0 Å². The van der Waals surface area contributed by atoms with Crippen LogP contribution in [0.2, 0.25) is 0 Å². The van der Waals surface area contributed by atoms with Crippen LogP contribution < -0.4 is 4.90 Å². The topological polar surface area (TPSA) is 147 Å². The van der Waals surface area contributed by atoms with E-state index in [9.17, 15) is 29.6 Å². The van der Waals surface area contributed by atoms with E-state index >= 15 is 0 Å². The summed E-state index contributed by atoms with van der Waals surface area (Å²) < 4.78 is 4.78. The van der Waals surface area contributed by atoms with Crippen molar-refractivity contribution >= 4 is 29.4 Å². The van der Waals surface area contributed by atoms with E-state index in [4.69, 9.17) is 9.84 Å². The summed E-state index contributed by atoms with van der Waals surface area (Å²) in [6.07, 6.45) is -2.08. The minimum absolute atomic E-state index is 0.0821. The predicted octanol–water partition coefficient (Wildman–Crippen LogP) is 1.88. The second-order valence-electron chi connectivity index (χ2n) is 4.60. The third-order valence-corrected chi connectivity index (χ3v) is 3.03. The fourth-order valence-electron chi connectivity index (χ4n) is 2.03. The number of carboxylic acid groups (broad SMARTS) is 2. The van der Waals surface area contributed by atoms with Gasteiger partial charge in [0.05, 0.1) is 11.5 Å². The molecule has 1 amide bonds. The molecule has 0 spiro atoms. The van der Waals surface area contributed by atoms with Crippen molar-refractivity contribution < 1.29 is 34.3 Å². The molecule has 0 saturated carbocycles. The first kappa shape index (κ1) is 18.9. The summed E-state index contributed by atoms with van der Waals surface area (Å²) in [6, 6.07) is 3.44. The first-order valence-electron chi connectivity index (χ1n) is 6.93. The van der Waals surface area contributed by atoms with Gasteiger partial charge in [-0.05, 0) is 19.4 Å². The summed E-state index contributed by atoms with van der Waals surface area (Å²) >= 11 is 0. The summed E-state index contributed by atoms with van der Waals surface area (Å²) in [5, 5.41) is 29.2. The molecule has 0 radical (unpaired) electrons. The highest BCUT2D eigenvalue weighted by Crippen LogP contribution is 2.31. The van der Waals surface area contributed by atoms with Crippen molar-refractivity contribution in [2.45, 2.75) is 25.8 Å². The minimum Gasteiger partial charge on any atom is -0.481 e. The minimum atomic E-state index is -1.62. The second kappa shape index (κ2) is 8.46. The van der Waals surface area contributed by atoms with Gasteiger partial charge in [0.1, 0.15) is 11.7 Å². The van der Waals surface area contributed by atoms with Crippen LogP contribution in [0.1, 0.15) is 19.8 Å². The van der Waals surface area contributed by atoms with Crippen LogP contribution in [0.5, 0.6) is 0 Å². The Kier molecular flexibility index (Phi) is 6.65. The van der Waals surface area contributed by atoms with Crippen LogP contribution in [0.4, 0.5) is 16.2 Å². The molecule has 0 aliphatic heterocycles. The Hall–Kier alpha value is -3.17. The van der Waals surface area contributed by atoms with Crippen molar-refractivity contribution in [3.63, 3.8) is 0 Å². The predicted molar refractivity (Wildman–Crippen MR) is 80.9 cm³/mol. The van der Waals surface area contributed by atoms with Gasteiger partial charge in [0.15, 0.2) is 0 Å². The maximum Gasteiger partial charge on any atom is 0.415 e. The van der Waals surface area contributed by atoms with Gasteiger partial charge in [0.25, 0.3) is 5.69 Å². The van der Waals surface area contributed by atoms with Crippen molar-refractivity contribution in [3.05, 3.63) is 34.4 Å². The first-order chi connectivity index (χ1) is 11.3. The van der Waals surface area contributed by atoms with Crippen molar-refractivity contribution in [2.24, 2.45) is 0 Å². The first-order valence-corrected chi connectivity index (χ1v) is 6.93. The largest absolute Gasteiger partial charge is 0.481 e. The van der Waals surface area contributed by atoms with E-state index in [0.717, 1.165) is 6.07 Å². The number of carbonyl (C=O) groups is 3. The number of aliphatic carboxylic acids is 2. The van der Waals surface area contributed by atoms with Gasteiger partial charge in [-0.15, -0.1) is 0 Å². The Labute approximate surface area is 136 Å². The lowest BCUT2D eigenvalue weighted by Gasteiger charge is -2.27. The van der Waals surface area contributed by atoms with Gasteiger partial charge in [-0.1, -0.05) is 12.1 Å². The van der Waals surface area contributed by atoms with E-state index < -0.39 is 47.5 Å². The molecule has 2 N–H and O–H groups in total. The molecule has 0 bridgehead atoms. The van der Waals surface area contributed by atoms with Gasteiger partial charge in [-0.2, -0.15) is 0 Å². The maximum absolute atomic E-state index is 12.2. The van der Waals surface area contributed by atoms with E-state index in [-0.39, 0.29) is 12.3 Å². The molecule has 0 saturated heterocycles. The molecular formula is C14H16N2O8. The Morgan fingerprint density at radius 1 is 1.29 bits per heavy atom. The molecule has 0 aromatic heterocycles. The third kappa shape index (κ3) is 4.66. The van der Waals surface area contributed by atoms with Crippen LogP contribution in [0.25, 0.3) is 0 Å². The number of nitrogens with zero attached hydrogens (tertiary/aromatic N) is 2. The summed E-state index contributed by atoms with van der Waals surface area (Å²) in [6.45, 7) is 1.41. The SMILES string of the molecule is CCOC(=O)N(c1ccccc1[N+](=O)[O-])C(CCC(=O)O)C(=O)O. The van der Waals surface area contributed by atoms with Gasteiger partial charge in [0.2, 0.25) is 0 Å². The fraction of sp³-hybridized carbons (Fsp3) is 0.357. The van der Waals surface area contributed by atoms with Gasteiger partial charge in [-0.3, -0.25) is 19.8 Å².